The summed E-state index contributed by atoms with van der Waals surface area (Å²) in [6.45, 7) is 4.37. The summed E-state index contributed by atoms with van der Waals surface area (Å²) in [5, 5.41) is 15.9. The van der Waals surface area contributed by atoms with Crippen molar-refractivity contribution in [2.75, 3.05) is 13.2 Å². The molecule has 2 aliphatic heterocycles. The molecule has 3 heterocycles. The number of ether oxygens (including phenoxy) is 1. The highest BCUT2D eigenvalue weighted by Gasteiger charge is 2.34. The molecule has 4 rings (SSSR count). The first-order chi connectivity index (χ1) is 11.6. The van der Waals surface area contributed by atoms with Gasteiger partial charge < -0.3 is 14.8 Å². The van der Waals surface area contributed by atoms with Crippen molar-refractivity contribution in [1.29, 1.82) is 0 Å². The van der Waals surface area contributed by atoms with Crippen molar-refractivity contribution < 1.29 is 14.2 Å². The first-order valence-electron chi connectivity index (χ1n) is 7.74. The normalized spacial score (nSPS) is 19.9. The minimum atomic E-state index is -0.427. The first-order valence-corrected chi connectivity index (χ1v) is 7.74. The van der Waals surface area contributed by atoms with Crippen molar-refractivity contribution in [1.82, 2.24) is 9.99 Å². The Hall–Kier alpha value is -2.67. The Labute approximate surface area is 137 Å². The van der Waals surface area contributed by atoms with E-state index in [1.807, 2.05) is 13.8 Å². The molecule has 0 amide bonds. The quantitative estimate of drug-likeness (QED) is 0.890. The van der Waals surface area contributed by atoms with Crippen molar-refractivity contribution in [2.45, 2.75) is 13.8 Å². The van der Waals surface area contributed by atoms with E-state index < -0.39 is 5.82 Å². The molecule has 0 spiro atoms. The predicted molar refractivity (Wildman–Crippen MR) is 89.5 cm³/mol. The van der Waals surface area contributed by atoms with Crippen LogP contribution in [0.2, 0.25) is 0 Å². The van der Waals surface area contributed by atoms with Crippen molar-refractivity contribution in [2.24, 2.45) is 16.0 Å². The number of fused-ring (bicyclic) bond motifs is 2. The number of nitrogens with one attached hydrogen (secondary N) is 1. The second-order valence-corrected chi connectivity index (χ2v) is 6.05. The fourth-order valence-electron chi connectivity index (χ4n) is 3.16. The zero-order chi connectivity index (χ0) is 16.8. The average Bonchev–Trinajstić information content (AvgIpc) is 3.11. The molecule has 1 aromatic heterocycles. The lowest BCUT2D eigenvalue weighted by atomic mass is 10.0. The van der Waals surface area contributed by atoms with Gasteiger partial charge in [0.25, 0.3) is 0 Å². The minimum absolute atomic E-state index is 0.0244. The highest BCUT2D eigenvalue weighted by atomic mass is 19.1. The summed E-state index contributed by atoms with van der Waals surface area (Å²) >= 11 is 0. The molecule has 1 aromatic carbocycles. The number of aliphatic hydroxyl groups is 1. The summed E-state index contributed by atoms with van der Waals surface area (Å²) < 4.78 is 20.5. The molecule has 0 aliphatic carbocycles. The number of halogens is 1. The number of hydrazone groups is 1. The van der Waals surface area contributed by atoms with Crippen molar-refractivity contribution in [3.63, 3.8) is 0 Å². The molecule has 1 unspecified atom stereocenters. The van der Waals surface area contributed by atoms with Crippen molar-refractivity contribution in [3.8, 4) is 5.75 Å². The van der Waals surface area contributed by atoms with Gasteiger partial charge in [-0.25, -0.2) is 4.39 Å². The van der Waals surface area contributed by atoms with Crippen LogP contribution in [-0.2, 0) is 0 Å². The predicted octanol–water partition coefficient (Wildman–Crippen LogP) is 2.55. The summed E-state index contributed by atoms with van der Waals surface area (Å²) in [5.74, 6) is -0.0422. The van der Waals surface area contributed by atoms with Gasteiger partial charge >= 0.3 is 0 Å². The number of hydrogen-bond acceptors (Lipinski definition) is 5. The Morgan fingerprint density at radius 1 is 1.42 bits per heavy atom. The van der Waals surface area contributed by atoms with Crippen LogP contribution < -0.4 is 4.74 Å². The lowest BCUT2D eigenvalue weighted by Gasteiger charge is -2.21. The summed E-state index contributed by atoms with van der Waals surface area (Å²) in [7, 11) is 0. The van der Waals surface area contributed by atoms with Crippen LogP contribution in [0.1, 0.15) is 12.6 Å². The lowest BCUT2D eigenvalue weighted by Crippen LogP contribution is -2.27. The highest BCUT2D eigenvalue weighted by molar-refractivity contribution is 6.01. The topological polar surface area (TPSA) is 73.2 Å². The standard InChI is InChI=1S/C17H17FN4O2/c1-9-5-12-13(21-9)3-4-14(15(12)18)24-17-16-10(2)11(7-23)6-22(16)20-8-19-17/h3-5,8,11,21,23H,6-7H2,1-2H3. The third-order valence-electron chi connectivity index (χ3n) is 4.47. The number of nitrogens with zero attached hydrogens (tertiary/aromatic N) is 3. The van der Waals surface area contributed by atoms with E-state index in [2.05, 4.69) is 15.1 Å². The lowest BCUT2D eigenvalue weighted by molar-refractivity contribution is 0.229. The van der Waals surface area contributed by atoms with Crippen LogP contribution in [0.25, 0.3) is 10.9 Å². The molecule has 7 heteroatoms. The van der Waals surface area contributed by atoms with E-state index in [0.717, 1.165) is 16.8 Å². The van der Waals surface area contributed by atoms with Crippen LogP contribution >= 0.6 is 0 Å². The summed E-state index contributed by atoms with van der Waals surface area (Å²) in [6.07, 6.45) is 1.38. The van der Waals surface area contributed by atoms with Crippen LogP contribution in [0.3, 0.4) is 0 Å². The Balaban J connectivity index is 1.72. The van der Waals surface area contributed by atoms with Crippen LogP contribution in [-0.4, -0.2) is 40.5 Å². The van der Waals surface area contributed by atoms with Gasteiger partial charge in [-0.3, -0.25) is 5.01 Å². The fourth-order valence-corrected chi connectivity index (χ4v) is 3.16. The third kappa shape index (κ3) is 2.20. The number of aromatic amines is 1. The molecule has 0 saturated heterocycles. The summed E-state index contributed by atoms with van der Waals surface area (Å²) in [6, 6.07) is 5.11. The van der Waals surface area contributed by atoms with Gasteiger partial charge in [-0.2, -0.15) is 10.1 Å². The SMILES string of the molecule is CC1=C2C(Oc3ccc4[nH]c(C)cc4c3F)=NC=NN2CC1CO. The van der Waals surface area contributed by atoms with Crippen LogP contribution in [0.5, 0.6) is 5.75 Å². The van der Waals surface area contributed by atoms with E-state index in [-0.39, 0.29) is 18.3 Å². The largest absolute Gasteiger partial charge is 0.434 e. The molecule has 6 nitrogen and oxygen atoms in total. The summed E-state index contributed by atoms with van der Waals surface area (Å²) in [4.78, 5) is 7.26. The van der Waals surface area contributed by atoms with Crippen LogP contribution in [0.15, 0.2) is 39.6 Å². The molecule has 24 heavy (non-hydrogen) atoms. The number of aliphatic hydroxyl groups excluding tert-OH is 1. The second kappa shape index (κ2) is 5.45. The number of aliphatic imine (C=N–C) groups is 1. The molecule has 1 atom stereocenters. The van der Waals surface area contributed by atoms with Gasteiger partial charge in [0.15, 0.2) is 11.6 Å². The zero-order valence-electron chi connectivity index (χ0n) is 13.4. The average molecular weight is 328 g/mol. The first kappa shape index (κ1) is 14.9. The van der Waals surface area contributed by atoms with Gasteiger partial charge in [0.2, 0.25) is 5.90 Å². The minimum Gasteiger partial charge on any atom is -0.434 e. The number of aryl methyl sites for hydroxylation is 1. The highest BCUT2D eigenvalue weighted by Crippen LogP contribution is 2.33. The maximum Gasteiger partial charge on any atom is 0.246 e. The molecule has 124 valence electrons. The number of rotatable bonds is 2. The van der Waals surface area contributed by atoms with Gasteiger partial charge in [-0.1, -0.05) is 0 Å². The van der Waals surface area contributed by atoms with Gasteiger partial charge in [0.1, 0.15) is 12.0 Å². The van der Waals surface area contributed by atoms with E-state index in [1.165, 1.54) is 6.34 Å². The zero-order valence-corrected chi connectivity index (χ0v) is 13.4. The maximum absolute atomic E-state index is 14.7. The number of aromatic nitrogens is 1. The Bertz CT molecular complexity index is 913. The van der Waals surface area contributed by atoms with Gasteiger partial charge in [0, 0.05) is 22.5 Å². The van der Waals surface area contributed by atoms with Crippen molar-refractivity contribution >= 4 is 23.1 Å². The van der Waals surface area contributed by atoms with E-state index in [4.69, 9.17) is 4.74 Å². The maximum atomic E-state index is 14.7. The van der Waals surface area contributed by atoms with E-state index in [0.29, 0.717) is 23.5 Å². The number of H-pyrrole nitrogens is 1. The van der Waals surface area contributed by atoms with Gasteiger partial charge in [-0.15, -0.1) is 0 Å². The molecule has 0 radical (unpaired) electrons. The fraction of sp³-hybridized carbons (Fsp3) is 0.294. The van der Waals surface area contributed by atoms with Gasteiger partial charge in [-0.05, 0) is 37.6 Å². The van der Waals surface area contributed by atoms with Crippen LogP contribution in [0.4, 0.5) is 4.39 Å². The summed E-state index contributed by atoms with van der Waals surface area (Å²) in [5.41, 5.74) is 3.24. The number of benzene rings is 1. The molecular formula is C17H17FN4O2. The van der Waals surface area contributed by atoms with E-state index >= 15 is 0 Å². The van der Waals surface area contributed by atoms with E-state index in [1.54, 1.807) is 23.2 Å². The Morgan fingerprint density at radius 3 is 3.04 bits per heavy atom. The van der Waals surface area contributed by atoms with Gasteiger partial charge in [0.05, 0.1) is 13.2 Å². The molecule has 0 bridgehead atoms. The molecule has 2 aliphatic rings. The molecule has 2 N–H and O–H groups in total. The van der Waals surface area contributed by atoms with Crippen molar-refractivity contribution in [3.05, 3.63) is 41.0 Å². The van der Waals surface area contributed by atoms with Crippen LogP contribution in [0, 0.1) is 18.7 Å². The molecule has 0 saturated carbocycles. The Kier molecular flexibility index (Phi) is 3.38. The smallest absolute Gasteiger partial charge is 0.246 e. The number of hydrogen-bond donors (Lipinski definition) is 2. The molecule has 2 aromatic rings. The molecular weight excluding hydrogens is 311 g/mol. The third-order valence-corrected chi connectivity index (χ3v) is 4.47. The monoisotopic (exact) mass is 328 g/mol. The van der Waals surface area contributed by atoms with E-state index in [9.17, 15) is 9.50 Å². The Morgan fingerprint density at radius 2 is 2.25 bits per heavy atom. The molecule has 0 fully saturated rings. The second-order valence-electron chi connectivity index (χ2n) is 6.05.